The number of hydrogen-bond acceptors (Lipinski definition) is 5. The maximum Gasteiger partial charge on any atom is 0.269 e. The summed E-state index contributed by atoms with van der Waals surface area (Å²) < 4.78 is 0. The Morgan fingerprint density at radius 2 is 1.94 bits per heavy atom. The summed E-state index contributed by atoms with van der Waals surface area (Å²) in [7, 11) is 0. The summed E-state index contributed by atoms with van der Waals surface area (Å²) in [4.78, 5) is 20.8. The average molecular weight is 238 g/mol. The lowest BCUT2D eigenvalue weighted by Gasteiger charge is -2.06. The minimum atomic E-state index is -0.453. The molecule has 17 heavy (non-hydrogen) atoms. The third-order valence-electron chi connectivity index (χ3n) is 2.04. The molecular weight excluding hydrogens is 224 g/mol. The zero-order valence-electron chi connectivity index (χ0n) is 9.18. The number of rotatable bonds is 6. The molecule has 1 aromatic rings. The molecule has 0 saturated carbocycles. The summed E-state index contributed by atoms with van der Waals surface area (Å²) in [6.07, 6.45) is 0. The molecule has 0 atom stereocenters. The standard InChI is InChI=1S/C10H14N4O3/c11-7-10(15)13-6-5-12-8-1-3-9(4-2-8)14(16)17/h1-4,12H,5-7,11H2,(H,13,15). The predicted octanol–water partition coefficient (Wildman–Crippen LogP) is 0.0816. The zero-order chi connectivity index (χ0) is 12.7. The molecule has 1 aromatic carbocycles. The van der Waals surface area contributed by atoms with Crippen molar-refractivity contribution in [1.82, 2.24) is 5.32 Å². The highest BCUT2D eigenvalue weighted by molar-refractivity contribution is 5.77. The van der Waals surface area contributed by atoms with E-state index < -0.39 is 4.92 Å². The zero-order valence-corrected chi connectivity index (χ0v) is 9.18. The van der Waals surface area contributed by atoms with Crippen molar-refractivity contribution in [3.05, 3.63) is 34.4 Å². The Hall–Kier alpha value is -2.15. The number of nitrogens with zero attached hydrogens (tertiary/aromatic N) is 1. The van der Waals surface area contributed by atoms with E-state index in [1.165, 1.54) is 12.1 Å². The highest BCUT2D eigenvalue weighted by Gasteiger charge is 2.03. The van der Waals surface area contributed by atoms with Gasteiger partial charge in [0.2, 0.25) is 5.91 Å². The SMILES string of the molecule is NCC(=O)NCCNc1ccc([N+](=O)[O-])cc1. The Morgan fingerprint density at radius 1 is 1.29 bits per heavy atom. The van der Waals surface area contributed by atoms with Crippen molar-refractivity contribution < 1.29 is 9.72 Å². The Morgan fingerprint density at radius 3 is 2.47 bits per heavy atom. The lowest BCUT2D eigenvalue weighted by atomic mass is 10.3. The number of amides is 1. The maximum atomic E-state index is 10.8. The number of nitro benzene ring substituents is 1. The monoisotopic (exact) mass is 238 g/mol. The summed E-state index contributed by atoms with van der Waals surface area (Å²) in [5, 5.41) is 16.0. The number of nitro groups is 1. The molecule has 0 aliphatic carbocycles. The molecule has 0 unspecified atom stereocenters. The number of non-ortho nitro benzene ring substituents is 1. The van der Waals surface area contributed by atoms with Crippen molar-refractivity contribution in [2.75, 3.05) is 25.0 Å². The molecule has 0 aromatic heterocycles. The van der Waals surface area contributed by atoms with Gasteiger partial charge in [-0.1, -0.05) is 0 Å². The highest BCUT2D eigenvalue weighted by Crippen LogP contribution is 2.14. The lowest BCUT2D eigenvalue weighted by molar-refractivity contribution is -0.384. The van der Waals surface area contributed by atoms with Crippen molar-refractivity contribution in [3.8, 4) is 0 Å². The Kier molecular flexibility index (Phi) is 4.89. The van der Waals surface area contributed by atoms with E-state index in [9.17, 15) is 14.9 Å². The van der Waals surface area contributed by atoms with Crippen molar-refractivity contribution in [2.45, 2.75) is 0 Å². The Bertz CT molecular complexity index is 391. The Labute approximate surface area is 98.1 Å². The molecule has 7 nitrogen and oxygen atoms in total. The van der Waals surface area contributed by atoms with E-state index in [4.69, 9.17) is 5.73 Å². The van der Waals surface area contributed by atoms with Crippen LogP contribution in [0.2, 0.25) is 0 Å². The van der Waals surface area contributed by atoms with E-state index in [1.54, 1.807) is 12.1 Å². The van der Waals surface area contributed by atoms with Gasteiger partial charge in [0, 0.05) is 30.9 Å². The molecule has 0 aliphatic heterocycles. The van der Waals surface area contributed by atoms with Gasteiger partial charge in [0.25, 0.3) is 5.69 Å². The van der Waals surface area contributed by atoms with Gasteiger partial charge in [0.1, 0.15) is 0 Å². The second kappa shape index (κ2) is 6.44. The summed E-state index contributed by atoms with van der Waals surface area (Å²) >= 11 is 0. The van der Waals surface area contributed by atoms with Crippen molar-refractivity contribution in [2.24, 2.45) is 5.73 Å². The molecule has 0 fully saturated rings. The van der Waals surface area contributed by atoms with Gasteiger partial charge in [-0.05, 0) is 12.1 Å². The van der Waals surface area contributed by atoms with Crippen LogP contribution < -0.4 is 16.4 Å². The van der Waals surface area contributed by atoms with Crippen LogP contribution >= 0.6 is 0 Å². The van der Waals surface area contributed by atoms with Crippen LogP contribution in [-0.4, -0.2) is 30.5 Å². The molecule has 7 heteroatoms. The second-order valence-electron chi connectivity index (χ2n) is 3.28. The molecule has 0 radical (unpaired) electrons. The third-order valence-corrected chi connectivity index (χ3v) is 2.04. The summed E-state index contributed by atoms with van der Waals surface area (Å²) in [6.45, 7) is 0.952. The van der Waals surface area contributed by atoms with E-state index in [-0.39, 0.29) is 18.1 Å². The summed E-state index contributed by atoms with van der Waals surface area (Å²) in [5.41, 5.74) is 5.92. The van der Waals surface area contributed by atoms with Crippen molar-refractivity contribution in [3.63, 3.8) is 0 Å². The van der Waals surface area contributed by atoms with Crippen LogP contribution in [0.1, 0.15) is 0 Å². The lowest BCUT2D eigenvalue weighted by Crippen LogP contribution is -2.33. The molecule has 0 bridgehead atoms. The second-order valence-corrected chi connectivity index (χ2v) is 3.28. The minimum absolute atomic E-state index is 0.0302. The van der Waals surface area contributed by atoms with Crippen LogP contribution in [0.3, 0.4) is 0 Å². The van der Waals surface area contributed by atoms with Crippen LogP contribution in [-0.2, 0) is 4.79 Å². The number of benzene rings is 1. The fourth-order valence-electron chi connectivity index (χ4n) is 1.18. The first-order valence-electron chi connectivity index (χ1n) is 5.08. The van der Waals surface area contributed by atoms with Gasteiger partial charge in [-0.3, -0.25) is 14.9 Å². The van der Waals surface area contributed by atoms with E-state index in [0.29, 0.717) is 13.1 Å². The molecule has 0 spiro atoms. The van der Waals surface area contributed by atoms with Crippen molar-refractivity contribution >= 4 is 17.3 Å². The molecule has 4 N–H and O–H groups in total. The number of anilines is 1. The van der Waals surface area contributed by atoms with Gasteiger partial charge in [0.15, 0.2) is 0 Å². The molecule has 1 amide bonds. The van der Waals surface area contributed by atoms with Gasteiger partial charge in [-0.25, -0.2) is 0 Å². The first kappa shape index (κ1) is 12.9. The predicted molar refractivity (Wildman–Crippen MR) is 63.7 cm³/mol. The van der Waals surface area contributed by atoms with Crippen LogP contribution in [0.4, 0.5) is 11.4 Å². The topological polar surface area (TPSA) is 110 Å². The minimum Gasteiger partial charge on any atom is -0.383 e. The van der Waals surface area contributed by atoms with Crippen LogP contribution in [0.5, 0.6) is 0 Å². The van der Waals surface area contributed by atoms with Gasteiger partial charge in [0.05, 0.1) is 11.5 Å². The maximum absolute atomic E-state index is 10.8. The number of carbonyl (C=O) groups excluding carboxylic acids is 1. The number of nitrogens with one attached hydrogen (secondary N) is 2. The highest BCUT2D eigenvalue weighted by atomic mass is 16.6. The molecular formula is C10H14N4O3. The van der Waals surface area contributed by atoms with Crippen LogP contribution in [0, 0.1) is 10.1 Å². The largest absolute Gasteiger partial charge is 0.383 e. The first-order valence-corrected chi connectivity index (χ1v) is 5.08. The number of nitrogens with two attached hydrogens (primary N) is 1. The number of hydrogen-bond donors (Lipinski definition) is 3. The van der Waals surface area contributed by atoms with Crippen molar-refractivity contribution in [1.29, 1.82) is 0 Å². The smallest absolute Gasteiger partial charge is 0.269 e. The van der Waals surface area contributed by atoms with Gasteiger partial charge in [-0.15, -0.1) is 0 Å². The van der Waals surface area contributed by atoms with Crippen LogP contribution in [0.25, 0.3) is 0 Å². The van der Waals surface area contributed by atoms with E-state index >= 15 is 0 Å². The van der Waals surface area contributed by atoms with Gasteiger partial charge < -0.3 is 16.4 Å². The van der Waals surface area contributed by atoms with Gasteiger partial charge in [-0.2, -0.15) is 0 Å². The molecule has 0 heterocycles. The number of carbonyl (C=O) groups is 1. The van der Waals surface area contributed by atoms with Gasteiger partial charge >= 0.3 is 0 Å². The fraction of sp³-hybridized carbons (Fsp3) is 0.300. The Balaban J connectivity index is 2.32. The quantitative estimate of drug-likeness (QED) is 0.369. The molecule has 1 rings (SSSR count). The summed E-state index contributed by atoms with van der Waals surface area (Å²) in [5.74, 6) is -0.213. The van der Waals surface area contributed by atoms with Crippen LogP contribution in [0.15, 0.2) is 24.3 Å². The molecule has 92 valence electrons. The fourth-order valence-corrected chi connectivity index (χ4v) is 1.18. The summed E-state index contributed by atoms with van der Waals surface area (Å²) in [6, 6.07) is 6.06. The molecule has 0 aliphatic rings. The van der Waals surface area contributed by atoms with E-state index in [0.717, 1.165) is 5.69 Å². The van der Waals surface area contributed by atoms with E-state index in [1.807, 2.05) is 0 Å². The van der Waals surface area contributed by atoms with E-state index in [2.05, 4.69) is 10.6 Å². The normalized spacial score (nSPS) is 9.71. The average Bonchev–Trinajstić information content (AvgIpc) is 2.34. The third kappa shape index (κ3) is 4.47. The first-order chi connectivity index (χ1) is 8.13. The molecule has 0 saturated heterocycles.